The van der Waals surface area contributed by atoms with Gasteiger partial charge in [-0.15, -0.1) is 0 Å². The molecule has 0 bridgehead atoms. The minimum atomic E-state index is -3.71. The lowest BCUT2D eigenvalue weighted by Gasteiger charge is -2.28. The number of nitrogens with zero attached hydrogens (tertiary/aromatic N) is 3. The number of aliphatic hydroxyl groups is 1. The number of likely N-dealkylation sites (tertiary alicyclic amines) is 1. The van der Waals surface area contributed by atoms with Crippen molar-refractivity contribution in [1.29, 1.82) is 0 Å². The van der Waals surface area contributed by atoms with Crippen molar-refractivity contribution >= 4 is 27.5 Å². The van der Waals surface area contributed by atoms with Gasteiger partial charge in [0, 0.05) is 31.7 Å². The van der Waals surface area contributed by atoms with Crippen LogP contribution in [0.2, 0.25) is 0 Å². The molecule has 0 aliphatic carbocycles. The zero-order chi connectivity index (χ0) is 27.4. The van der Waals surface area contributed by atoms with Crippen molar-refractivity contribution in [2.45, 2.75) is 31.7 Å². The number of ketones is 1. The molecule has 10 heteroatoms. The third-order valence-electron chi connectivity index (χ3n) is 7.22. The molecule has 2 aromatic carbocycles. The van der Waals surface area contributed by atoms with E-state index in [1.54, 1.807) is 0 Å². The van der Waals surface area contributed by atoms with E-state index in [0.717, 1.165) is 24.2 Å². The Morgan fingerprint density at radius 2 is 1.61 bits per heavy atom. The molecule has 204 valence electrons. The highest BCUT2D eigenvalue weighted by atomic mass is 32.2. The van der Waals surface area contributed by atoms with Gasteiger partial charge in [-0.1, -0.05) is 43.7 Å². The minimum absolute atomic E-state index is 0.00202. The van der Waals surface area contributed by atoms with Crippen LogP contribution >= 0.6 is 0 Å². The Labute approximate surface area is 224 Å². The first-order valence-corrected chi connectivity index (χ1v) is 14.4. The number of hydrogen-bond acceptors (Lipinski definition) is 7. The number of aryl methyl sites for hydroxylation is 1. The number of likely N-dealkylation sites (N-methyl/N-ethyl adjacent to an activating group) is 1. The van der Waals surface area contributed by atoms with Crippen LogP contribution in [0, 0.1) is 6.92 Å². The number of morpholine rings is 1. The molecule has 1 amide bonds. The topological polar surface area (TPSA) is 107 Å². The van der Waals surface area contributed by atoms with Gasteiger partial charge in [-0.25, -0.2) is 8.42 Å². The van der Waals surface area contributed by atoms with Gasteiger partial charge in [-0.05, 0) is 49.8 Å². The van der Waals surface area contributed by atoms with E-state index in [1.807, 2.05) is 45.0 Å². The van der Waals surface area contributed by atoms with Gasteiger partial charge >= 0.3 is 0 Å². The number of hydrogen-bond donors (Lipinski definition) is 1. The average molecular weight is 542 g/mol. The number of rotatable bonds is 9. The summed E-state index contributed by atoms with van der Waals surface area (Å²) in [5, 5.41) is 11.3. The first-order chi connectivity index (χ1) is 18.2. The number of sulfonamides is 1. The SMILES string of the molecule is CCN(CC)CCN1C(=O)C(=O)/C(=C(/O)c2ccc(S(=O)(=O)N3CCOCC3)cc2)[C@H]1c1ccc(C)cc1. The Kier molecular flexibility index (Phi) is 8.67. The molecule has 0 unspecified atom stereocenters. The number of Topliss-reactive ketones (excluding diaryl/α,β-unsaturated/α-hetero) is 1. The Bertz CT molecular complexity index is 1300. The lowest BCUT2D eigenvalue weighted by Crippen LogP contribution is -2.40. The van der Waals surface area contributed by atoms with E-state index in [2.05, 4.69) is 4.90 Å². The molecule has 4 rings (SSSR count). The normalized spacial score (nSPS) is 20.4. The fourth-order valence-corrected chi connectivity index (χ4v) is 6.28. The lowest BCUT2D eigenvalue weighted by molar-refractivity contribution is -0.140. The van der Waals surface area contributed by atoms with E-state index in [0.29, 0.717) is 26.3 Å². The molecule has 1 atom stereocenters. The van der Waals surface area contributed by atoms with Crippen LogP contribution in [0.25, 0.3) is 5.76 Å². The van der Waals surface area contributed by atoms with E-state index in [1.165, 1.54) is 33.5 Å². The number of ether oxygens (including phenoxy) is 1. The maximum Gasteiger partial charge on any atom is 0.295 e. The summed E-state index contributed by atoms with van der Waals surface area (Å²) in [5.74, 6) is -1.73. The number of carbonyl (C=O) groups is 2. The van der Waals surface area contributed by atoms with Crippen molar-refractivity contribution in [3.63, 3.8) is 0 Å². The fourth-order valence-electron chi connectivity index (χ4n) is 4.87. The number of benzene rings is 2. The molecule has 9 nitrogen and oxygen atoms in total. The van der Waals surface area contributed by atoms with Crippen LogP contribution in [-0.4, -0.2) is 91.8 Å². The maximum absolute atomic E-state index is 13.3. The van der Waals surface area contributed by atoms with Gasteiger partial charge < -0.3 is 19.6 Å². The van der Waals surface area contributed by atoms with Gasteiger partial charge in [0.1, 0.15) is 5.76 Å². The molecule has 0 radical (unpaired) electrons. The number of carbonyl (C=O) groups excluding carboxylic acids is 2. The molecular weight excluding hydrogens is 506 g/mol. The number of aliphatic hydroxyl groups excluding tert-OH is 1. The van der Waals surface area contributed by atoms with Gasteiger partial charge in [0.25, 0.3) is 11.7 Å². The second kappa shape index (κ2) is 11.8. The molecule has 2 fully saturated rings. The van der Waals surface area contributed by atoms with Crippen LogP contribution in [0.15, 0.2) is 59.0 Å². The van der Waals surface area contributed by atoms with Crippen molar-refractivity contribution in [3.05, 3.63) is 70.8 Å². The van der Waals surface area contributed by atoms with Crippen LogP contribution in [0.3, 0.4) is 0 Å². The molecule has 2 aliphatic heterocycles. The third kappa shape index (κ3) is 5.54. The maximum atomic E-state index is 13.3. The van der Waals surface area contributed by atoms with Crippen LogP contribution in [0.4, 0.5) is 0 Å². The summed E-state index contributed by atoms with van der Waals surface area (Å²) in [6, 6.07) is 12.6. The second-order valence-electron chi connectivity index (χ2n) is 9.47. The molecule has 2 aromatic rings. The molecule has 2 aliphatic rings. The largest absolute Gasteiger partial charge is 0.507 e. The summed E-state index contributed by atoms with van der Waals surface area (Å²) >= 11 is 0. The van der Waals surface area contributed by atoms with Gasteiger partial charge in [0.2, 0.25) is 10.0 Å². The van der Waals surface area contributed by atoms with Crippen LogP contribution < -0.4 is 0 Å². The molecule has 38 heavy (non-hydrogen) atoms. The Morgan fingerprint density at radius 3 is 2.18 bits per heavy atom. The zero-order valence-corrected chi connectivity index (χ0v) is 22.9. The van der Waals surface area contributed by atoms with E-state index in [4.69, 9.17) is 4.74 Å². The highest BCUT2D eigenvalue weighted by Gasteiger charge is 2.46. The third-order valence-corrected chi connectivity index (χ3v) is 9.13. The van der Waals surface area contributed by atoms with Gasteiger partial charge in [0.15, 0.2) is 0 Å². The van der Waals surface area contributed by atoms with Gasteiger partial charge in [-0.2, -0.15) is 4.31 Å². The zero-order valence-electron chi connectivity index (χ0n) is 22.1. The summed E-state index contributed by atoms with van der Waals surface area (Å²) < 4.78 is 32.6. The standard InChI is InChI=1S/C28H35N3O6S/c1-4-29(5-2)14-15-31-25(21-8-6-20(3)7-9-21)24(27(33)28(31)34)26(32)22-10-12-23(13-11-22)38(35,36)30-16-18-37-19-17-30/h6-13,25,32H,4-5,14-19H2,1-3H3/b26-24+/t25-/m1/s1. The predicted molar refractivity (Wildman–Crippen MR) is 144 cm³/mol. The minimum Gasteiger partial charge on any atom is -0.507 e. The first-order valence-electron chi connectivity index (χ1n) is 12.9. The van der Waals surface area contributed by atoms with Crippen molar-refractivity contribution < 1.29 is 27.9 Å². The van der Waals surface area contributed by atoms with E-state index < -0.39 is 27.8 Å². The average Bonchev–Trinajstić information content (AvgIpc) is 3.19. The highest BCUT2D eigenvalue weighted by Crippen LogP contribution is 2.39. The summed E-state index contributed by atoms with van der Waals surface area (Å²) in [5.41, 5.74) is 2.03. The van der Waals surface area contributed by atoms with Crippen molar-refractivity contribution in [2.75, 3.05) is 52.5 Å². The first kappa shape index (κ1) is 28.0. The van der Waals surface area contributed by atoms with E-state index >= 15 is 0 Å². The molecule has 2 saturated heterocycles. The van der Waals surface area contributed by atoms with Crippen molar-refractivity contribution in [3.8, 4) is 0 Å². The monoisotopic (exact) mass is 541 g/mol. The molecule has 0 aromatic heterocycles. The van der Waals surface area contributed by atoms with E-state index in [9.17, 15) is 23.1 Å². The molecular formula is C28H35N3O6S. The van der Waals surface area contributed by atoms with E-state index in [-0.39, 0.29) is 34.9 Å². The van der Waals surface area contributed by atoms with Crippen molar-refractivity contribution in [2.24, 2.45) is 0 Å². The molecule has 1 N–H and O–H groups in total. The number of amides is 1. The van der Waals surface area contributed by atoms with Crippen molar-refractivity contribution in [1.82, 2.24) is 14.1 Å². The second-order valence-corrected chi connectivity index (χ2v) is 11.4. The lowest BCUT2D eigenvalue weighted by atomic mass is 9.95. The fraction of sp³-hybridized carbons (Fsp3) is 0.429. The Balaban J connectivity index is 1.71. The Hall–Kier alpha value is -3.05. The molecule has 0 saturated carbocycles. The van der Waals surface area contributed by atoms with Crippen LogP contribution in [-0.2, 0) is 24.3 Å². The molecule has 0 spiro atoms. The molecule has 2 heterocycles. The Morgan fingerprint density at radius 1 is 1.00 bits per heavy atom. The van der Waals surface area contributed by atoms with Crippen LogP contribution in [0.5, 0.6) is 0 Å². The predicted octanol–water partition coefficient (Wildman–Crippen LogP) is 2.78. The quantitative estimate of drug-likeness (QED) is 0.296. The van der Waals surface area contributed by atoms with Gasteiger partial charge in [-0.3, -0.25) is 9.59 Å². The highest BCUT2D eigenvalue weighted by molar-refractivity contribution is 7.89. The summed E-state index contributed by atoms with van der Waals surface area (Å²) in [6.07, 6.45) is 0. The summed E-state index contributed by atoms with van der Waals surface area (Å²) in [7, 11) is -3.71. The summed E-state index contributed by atoms with van der Waals surface area (Å²) in [4.78, 5) is 30.2. The smallest absolute Gasteiger partial charge is 0.295 e. The van der Waals surface area contributed by atoms with Gasteiger partial charge in [0.05, 0.1) is 29.7 Å². The van der Waals surface area contributed by atoms with Crippen LogP contribution in [0.1, 0.15) is 36.6 Å². The summed E-state index contributed by atoms with van der Waals surface area (Å²) in [6.45, 7) is 9.81.